The summed E-state index contributed by atoms with van der Waals surface area (Å²) >= 11 is 0. The molecule has 4 rings (SSSR count). The number of furan rings is 1. The Morgan fingerprint density at radius 2 is 1.87 bits per heavy atom. The number of allylic oxidation sites excluding steroid dienone is 9. The average Bonchev–Trinajstić information content (AvgIpc) is 3.39. The minimum atomic E-state index is 0.498. The molecule has 3 heterocycles. The topological polar surface area (TPSA) is 75.5 Å². The second kappa shape index (κ2) is 13.4. The van der Waals surface area contributed by atoms with Crippen molar-refractivity contribution in [3.8, 4) is 0 Å². The molecule has 0 unspecified atom stereocenters. The summed E-state index contributed by atoms with van der Waals surface area (Å²) in [4.78, 5) is 12.0. The summed E-state index contributed by atoms with van der Waals surface area (Å²) in [5, 5.41) is 6.64. The van der Waals surface area contributed by atoms with Crippen LogP contribution in [0, 0.1) is 0 Å². The summed E-state index contributed by atoms with van der Waals surface area (Å²) in [5.41, 5.74) is 4.63. The van der Waals surface area contributed by atoms with E-state index in [1.54, 1.807) is 0 Å². The van der Waals surface area contributed by atoms with Gasteiger partial charge in [0, 0.05) is 31.8 Å². The predicted molar refractivity (Wildman–Crippen MR) is 158 cm³/mol. The molecule has 1 aliphatic rings. The van der Waals surface area contributed by atoms with Crippen LogP contribution in [-0.2, 0) is 4.74 Å². The summed E-state index contributed by atoms with van der Waals surface area (Å²) in [6.07, 6.45) is 15.4. The summed E-state index contributed by atoms with van der Waals surface area (Å²) < 4.78 is 12.0. The highest BCUT2D eigenvalue weighted by atomic mass is 16.5. The van der Waals surface area contributed by atoms with Crippen LogP contribution < -0.4 is 15.5 Å². The zero-order valence-corrected chi connectivity index (χ0v) is 22.7. The number of nitrogens with one attached hydrogen (secondary N) is 2. The molecule has 0 radical (unpaired) electrons. The third-order valence-electron chi connectivity index (χ3n) is 6.18. The molecule has 2 N–H and O–H groups in total. The lowest BCUT2D eigenvalue weighted by atomic mass is 10.1. The van der Waals surface area contributed by atoms with Gasteiger partial charge in [0.25, 0.3) is 0 Å². The second-order valence-electron chi connectivity index (χ2n) is 8.80. The third-order valence-corrected chi connectivity index (χ3v) is 6.18. The van der Waals surface area contributed by atoms with E-state index in [0.29, 0.717) is 24.7 Å². The van der Waals surface area contributed by atoms with E-state index in [4.69, 9.17) is 19.1 Å². The van der Waals surface area contributed by atoms with E-state index < -0.39 is 0 Å². The quantitative estimate of drug-likeness (QED) is 0.299. The highest BCUT2D eigenvalue weighted by molar-refractivity contribution is 5.89. The molecule has 1 aromatic carbocycles. The van der Waals surface area contributed by atoms with Crippen molar-refractivity contribution in [2.24, 2.45) is 0 Å². The van der Waals surface area contributed by atoms with E-state index in [-0.39, 0.29) is 0 Å². The Balaban J connectivity index is 1.76. The Bertz CT molecular complexity index is 1360. The van der Waals surface area contributed by atoms with E-state index >= 15 is 0 Å². The fourth-order valence-electron chi connectivity index (χ4n) is 4.22. The largest absolute Gasteiger partial charge is 0.450 e. The van der Waals surface area contributed by atoms with E-state index in [0.717, 1.165) is 59.1 Å². The van der Waals surface area contributed by atoms with E-state index in [1.807, 2.05) is 57.3 Å². The van der Waals surface area contributed by atoms with Crippen LogP contribution in [0.4, 0.5) is 11.8 Å². The lowest BCUT2D eigenvalue weighted by Crippen LogP contribution is -2.37. The Labute approximate surface area is 225 Å². The SMILES string of the molecule is C\C=C/C(=C\C=C\CC)c1cc2nc(N/C(=C/C(=C\C)c3ccccc3)NC)nc(N3CCOCC3)c2o1. The molecule has 0 saturated carbocycles. The van der Waals surface area contributed by atoms with Gasteiger partial charge < -0.3 is 24.7 Å². The van der Waals surface area contributed by atoms with Crippen molar-refractivity contribution in [3.63, 3.8) is 0 Å². The molecule has 198 valence electrons. The van der Waals surface area contributed by atoms with Crippen molar-refractivity contribution in [2.45, 2.75) is 27.2 Å². The molecule has 0 amide bonds. The van der Waals surface area contributed by atoms with Gasteiger partial charge >= 0.3 is 0 Å². The van der Waals surface area contributed by atoms with Gasteiger partial charge in [-0.3, -0.25) is 0 Å². The van der Waals surface area contributed by atoms with Crippen LogP contribution >= 0.6 is 0 Å². The van der Waals surface area contributed by atoms with Crippen molar-refractivity contribution in [3.05, 3.63) is 96.1 Å². The van der Waals surface area contributed by atoms with Crippen molar-refractivity contribution in [1.29, 1.82) is 0 Å². The standard InChI is InChI=1S/C31H37N5O2/c1-5-8-10-16-25(13-6-2)27-22-26-29(38-27)30(36-17-19-37-20-18-36)35-31(33-26)34-28(32-4)21-23(7-3)24-14-11-9-12-15-24/h6-16,21-22,32H,5,17-20H2,1-4H3,(H,33,34,35)/b10-8+,13-6-,23-7+,25-16+,28-21+. The number of hydrogen-bond acceptors (Lipinski definition) is 7. The fraction of sp³-hybridized carbons (Fsp3) is 0.290. The van der Waals surface area contributed by atoms with Crippen molar-refractivity contribution < 1.29 is 9.15 Å². The first-order chi connectivity index (χ1) is 18.7. The van der Waals surface area contributed by atoms with Gasteiger partial charge in [-0.15, -0.1) is 0 Å². The molecule has 1 saturated heterocycles. The number of anilines is 2. The number of hydrogen-bond donors (Lipinski definition) is 2. The van der Waals surface area contributed by atoms with Gasteiger partial charge in [0.2, 0.25) is 5.95 Å². The van der Waals surface area contributed by atoms with Gasteiger partial charge in [-0.1, -0.05) is 73.7 Å². The van der Waals surface area contributed by atoms with Crippen LogP contribution in [0.3, 0.4) is 0 Å². The highest BCUT2D eigenvalue weighted by Gasteiger charge is 2.22. The Kier molecular flexibility index (Phi) is 9.54. The van der Waals surface area contributed by atoms with Gasteiger partial charge in [0.05, 0.1) is 13.2 Å². The normalized spacial score (nSPS) is 15.7. The number of benzene rings is 1. The molecular weight excluding hydrogens is 474 g/mol. The number of nitrogens with zero attached hydrogens (tertiary/aromatic N) is 3. The smallest absolute Gasteiger partial charge is 0.231 e. The van der Waals surface area contributed by atoms with Crippen LogP contribution in [0.5, 0.6) is 0 Å². The van der Waals surface area contributed by atoms with Crippen LogP contribution in [0.25, 0.3) is 22.2 Å². The minimum Gasteiger partial charge on any atom is -0.450 e. The summed E-state index contributed by atoms with van der Waals surface area (Å²) in [5.74, 6) is 2.81. The highest BCUT2D eigenvalue weighted by Crippen LogP contribution is 2.32. The Morgan fingerprint density at radius 3 is 2.55 bits per heavy atom. The van der Waals surface area contributed by atoms with E-state index in [9.17, 15) is 0 Å². The zero-order chi connectivity index (χ0) is 26.7. The molecule has 0 atom stereocenters. The first-order valence-electron chi connectivity index (χ1n) is 13.2. The van der Waals surface area contributed by atoms with Crippen LogP contribution in [-0.4, -0.2) is 43.3 Å². The van der Waals surface area contributed by atoms with Crippen LogP contribution in [0.15, 0.2) is 89.2 Å². The third kappa shape index (κ3) is 6.61. The average molecular weight is 512 g/mol. The maximum absolute atomic E-state index is 6.40. The lowest BCUT2D eigenvalue weighted by Gasteiger charge is -2.27. The van der Waals surface area contributed by atoms with Crippen molar-refractivity contribution in [1.82, 2.24) is 15.3 Å². The molecule has 2 aromatic heterocycles. The van der Waals surface area contributed by atoms with Crippen LogP contribution in [0.1, 0.15) is 38.5 Å². The maximum Gasteiger partial charge on any atom is 0.231 e. The minimum absolute atomic E-state index is 0.498. The van der Waals surface area contributed by atoms with Gasteiger partial charge in [-0.25, -0.2) is 4.98 Å². The maximum atomic E-state index is 6.40. The fourth-order valence-corrected chi connectivity index (χ4v) is 4.22. The number of rotatable bonds is 10. The van der Waals surface area contributed by atoms with Gasteiger partial charge in [-0.2, -0.15) is 4.98 Å². The Morgan fingerprint density at radius 1 is 1.08 bits per heavy atom. The number of fused-ring (bicyclic) bond motifs is 1. The first kappa shape index (κ1) is 26.9. The number of ether oxygens (including phenoxy) is 1. The molecular formula is C31H37N5O2. The van der Waals surface area contributed by atoms with Gasteiger partial charge in [-0.05, 0) is 37.5 Å². The van der Waals surface area contributed by atoms with Crippen molar-refractivity contribution >= 4 is 34.0 Å². The van der Waals surface area contributed by atoms with E-state index in [1.165, 1.54) is 0 Å². The monoisotopic (exact) mass is 511 g/mol. The lowest BCUT2D eigenvalue weighted by molar-refractivity contribution is 0.122. The summed E-state index contributed by atoms with van der Waals surface area (Å²) in [6, 6.07) is 12.3. The number of aromatic nitrogens is 2. The molecule has 7 nitrogen and oxygen atoms in total. The molecule has 3 aromatic rings. The number of morpholine rings is 1. The van der Waals surface area contributed by atoms with Crippen LogP contribution in [0.2, 0.25) is 0 Å². The molecule has 0 bridgehead atoms. The Hall–Kier alpha value is -4.10. The summed E-state index contributed by atoms with van der Waals surface area (Å²) in [6.45, 7) is 8.93. The molecule has 1 aliphatic heterocycles. The molecule has 7 heteroatoms. The molecule has 0 spiro atoms. The van der Waals surface area contributed by atoms with E-state index in [2.05, 4.69) is 65.0 Å². The van der Waals surface area contributed by atoms with Crippen molar-refractivity contribution in [2.75, 3.05) is 43.6 Å². The predicted octanol–water partition coefficient (Wildman–Crippen LogP) is 6.56. The van der Waals surface area contributed by atoms with Gasteiger partial charge in [0.15, 0.2) is 11.4 Å². The first-order valence-corrected chi connectivity index (χ1v) is 13.2. The zero-order valence-electron chi connectivity index (χ0n) is 22.7. The second-order valence-corrected chi connectivity index (χ2v) is 8.80. The molecule has 0 aliphatic carbocycles. The molecule has 38 heavy (non-hydrogen) atoms. The summed E-state index contributed by atoms with van der Waals surface area (Å²) in [7, 11) is 1.88. The molecule has 1 fully saturated rings. The van der Waals surface area contributed by atoms with Gasteiger partial charge in [0.1, 0.15) is 17.1 Å².